The maximum atomic E-state index is 14.5. The summed E-state index contributed by atoms with van der Waals surface area (Å²) in [7, 11) is -8.88. The van der Waals surface area contributed by atoms with Crippen molar-refractivity contribution in [2.75, 3.05) is 16.2 Å². The van der Waals surface area contributed by atoms with Crippen molar-refractivity contribution in [1.82, 2.24) is 0 Å². The average molecular weight is 554 g/mol. The van der Waals surface area contributed by atoms with E-state index in [0.717, 1.165) is 12.1 Å². The number of hydrogen-bond donors (Lipinski definition) is 3. The first-order valence-electron chi connectivity index (χ1n) is 11.2. The molecule has 3 atom stereocenters. The van der Waals surface area contributed by atoms with E-state index in [1.54, 1.807) is 31.2 Å². The highest BCUT2D eigenvalue weighted by atomic mass is 32.2. The van der Waals surface area contributed by atoms with E-state index in [2.05, 4.69) is 5.32 Å². The number of rotatable bonds is 7. The van der Waals surface area contributed by atoms with E-state index in [1.807, 2.05) is 0 Å². The number of para-hydroxylation sites is 1. The van der Waals surface area contributed by atoms with Crippen molar-refractivity contribution >= 4 is 31.7 Å². The topological polar surface area (TPSA) is 139 Å². The maximum Gasteiger partial charge on any atom is 0.359 e. The number of nitrogens with one attached hydrogen (secondary N) is 1. The third-order valence-electron chi connectivity index (χ3n) is 6.18. The average Bonchev–Trinajstić information content (AvgIpc) is 2.79. The second-order valence-electron chi connectivity index (χ2n) is 8.59. The zero-order valence-electron chi connectivity index (χ0n) is 19.8. The molecule has 3 aromatic carbocycles. The fourth-order valence-electron chi connectivity index (χ4n) is 4.69. The lowest BCUT2D eigenvalue weighted by molar-refractivity contribution is 0.428. The Morgan fingerprint density at radius 1 is 1.00 bits per heavy atom. The molecule has 0 fully saturated rings. The Labute approximate surface area is 213 Å². The first-order valence-corrected chi connectivity index (χ1v) is 14.2. The highest BCUT2D eigenvalue weighted by Gasteiger charge is 2.43. The van der Waals surface area contributed by atoms with Gasteiger partial charge in [0.25, 0.3) is 0 Å². The number of nitrogens with two attached hydrogens (primary N) is 1. The van der Waals surface area contributed by atoms with Crippen molar-refractivity contribution in [2.45, 2.75) is 31.1 Å². The lowest BCUT2D eigenvalue weighted by Gasteiger charge is -2.38. The van der Waals surface area contributed by atoms with Crippen LogP contribution in [0.1, 0.15) is 30.9 Å². The van der Waals surface area contributed by atoms with Crippen molar-refractivity contribution in [3.8, 4) is 11.5 Å². The molecule has 13 heteroatoms. The molecule has 3 aromatic rings. The first-order chi connectivity index (χ1) is 17.3. The number of anilines is 2. The van der Waals surface area contributed by atoms with Crippen LogP contribution in [0.3, 0.4) is 0 Å². The van der Waals surface area contributed by atoms with Gasteiger partial charge in [-0.25, -0.2) is 26.6 Å². The van der Waals surface area contributed by atoms with Crippen LogP contribution in [0.2, 0.25) is 0 Å². The maximum absolute atomic E-state index is 14.5. The van der Waals surface area contributed by atoms with Crippen LogP contribution in [0, 0.1) is 11.6 Å². The highest BCUT2D eigenvalue weighted by Crippen LogP contribution is 2.46. The largest absolute Gasteiger partial charge is 0.454 e. The van der Waals surface area contributed by atoms with Gasteiger partial charge in [-0.15, -0.1) is 0 Å². The van der Waals surface area contributed by atoms with Gasteiger partial charge in [-0.3, -0.25) is 4.55 Å². The van der Waals surface area contributed by atoms with Crippen molar-refractivity contribution in [3.63, 3.8) is 0 Å². The van der Waals surface area contributed by atoms with Gasteiger partial charge in [0.15, 0.2) is 11.6 Å². The molecular weight excluding hydrogens is 528 g/mol. The van der Waals surface area contributed by atoms with Crippen LogP contribution in [0.4, 0.5) is 20.2 Å². The lowest BCUT2D eigenvalue weighted by Crippen LogP contribution is -2.48. The third-order valence-corrected chi connectivity index (χ3v) is 8.64. The Hall–Kier alpha value is -3.26. The summed E-state index contributed by atoms with van der Waals surface area (Å²) >= 11 is 0. The van der Waals surface area contributed by atoms with E-state index < -0.39 is 49.2 Å². The van der Waals surface area contributed by atoms with Gasteiger partial charge >= 0.3 is 10.3 Å². The molecule has 0 amide bonds. The minimum Gasteiger partial charge on any atom is -0.454 e. The standard InChI is InChI=1S/C24H25F2N3O6S2/c1-3-29(37(32,33)34)16-9-11-21(35-22-10-8-15(25)12-19(22)26)18(13-16)23-17-6-4-5-7-20(17)28-14(2)24(23)36(27,30)31/h4-14,23-24,28H,3H2,1-2H3,(H2,27,30,31)(H,32,33,34). The molecule has 4 rings (SSSR count). The third kappa shape index (κ3) is 5.39. The number of primary sulfonamides is 1. The molecule has 198 valence electrons. The van der Waals surface area contributed by atoms with Crippen molar-refractivity contribution in [1.29, 1.82) is 0 Å². The van der Waals surface area contributed by atoms with E-state index in [4.69, 9.17) is 9.88 Å². The van der Waals surface area contributed by atoms with E-state index in [1.165, 1.54) is 25.1 Å². The molecule has 0 bridgehead atoms. The zero-order valence-corrected chi connectivity index (χ0v) is 21.4. The highest BCUT2D eigenvalue weighted by molar-refractivity contribution is 7.89. The Balaban J connectivity index is 2.00. The molecule has 4 N–H and O–H groups in total. The second kappa shape index (κ2) is 9.89. The fourth-order valence-corrected chi connectivity index (χ4v) is 6.71. The van der Waals surface area contributed by atoms with Gasteiger partial charge in [0, 0.05) is 35.8 Å². The molecule has 0 saturated heterocycles. The molecule has 0 saturated carbocycles. The van der Waals surface area contributed by atoms with Crippen molar-refractivity contribution in [3.05, 3.63) is 83.4 Å². The smallest absolute Gasteiger partial charge is 0.359 e. The molecule has 0 radical (unpaired) electrons. The van der Waals surface area contributed by atoms with Crippen LogP contribution in [-0.2, 0) is 20.3 Å². The number of halogens is 2. The number of nitrogens with zero attached hydrogens (tertiary/aromatic N) is 1. The molecule has 0 spiro atoms. The van der Waals surface area contributed by atoms with Crippen LogP contribution >= 0.6 is 0 Å². The summed E-state index contributed by atoms with van der Waals surface area (Å²) in [6, 6.07) is 12.9. The van der Waals surface area contributed by atoms with Gasteiger partial charge < -0.3 is 10.1 Å². The molecular formula is C24H25F2N3O6S2. The first kappa shape index (κ1) is 26.8. The zero-order chi connectivity index (χ0) is 27.1. The Morgan fingerprint density at radius 2 is 1.68 bits per heavy atom. The van der Waals surface area contributed by atoms with Gasteiger partial charge in [0.1, 0.15) is 16.8 Å². The van der Waals surface area contributed by atoms with Gasteiger partial charge in [-0.05, 0) is 55.8 Å². The van der Waals surface area contributed by atoms with Crippen LogP contribution in [-0.4, -0.2) is 39.2 Å². The number of fused-ring (bicyclic) bond motifs is 1. The predicted molar refractivity (Wildman–Crippen MR) is 136 cm³/mol. The molecule has 9 nitrogen and oxygen atoms in total. The molecule has 0 aliphatic carbocycles. The predicted octanol–water partition coefficient (Wildman–Crippen LogP) is 3.99. The van der Waals surface area contributed by atoms with Crippen LogP contribution in [0.25, 0.3) is 0 Å². The second-order valence-corrected chi connectivity index (χ2v) is 11.7. The summed E-state index contributed by atoms with van der Waals surface area (Å²) in [5, 5.41) is 7.55. The Bertz CT molecular complexity index is 1550. The van der Waals surface area contributed by atoms with Gasteiger partial charge in [-0.1, -0.05) is 18.2 Å². The Kier molecular flexibility index (Phi) is 7.16. The van der Waals surface area contributed by atoms with E-state index in [9.17, 15) is 30.2 Å². The summed E-state index contributed by atoms with van der Waals surface area (Å²) in [4.78, 5) is 0. The minimum atomic E-state index is -4.68. The minimum absolute atomic E-state index is 0.0109. The van der Waals surface area contributed by atoms with Gasteiger partial charge in [0.2, 0.25) is 10.0 Å². The SMILES string of the molecule is CCN(c1ccc(Oc2ccc(F)cc2F)c(C2c3ccccc3NC(C)C2S(N)(=O)=O)c1)S(=O)(=O)O. The van der Waals surface area contributed by atoms with E-state index in [0.29, 0.717) is 21.6 Å². The molecule has 1 aliphatic heterocycles. The monoisotopic (exact) mass is 553 g/mol. The quantitative estimate of drug-likeness (QED) is 0.376. The van der Waals surface area contributed by atoms with Crippen LogP contribution in [0.5, 0.6) is 11.5 Å². The van der Waals surface area contributed by atoms with E-state index >= 15 is 0 Å². The van der Waals surface area contributed by atoms with Gasteiger partial charge in [0.05, 0.1) is 5.69 Å². The van der Waals surface area contributed by atoms with Gasteiger partial charge in [-0.2, -0.15) is 8.42 Å². The van der Waals surface area contributed by atoms with E-state index in [-0.39, 0.29) is 29.3 Å². The summed E-state index contributed by atoms with van der Waals surface area (Å²) in [5.74, 6) is -3.14. The Morgan fingerprint density at radius 3 is 2.30 bits per heavy atom. The summed E-state index contributed by atoms with van der Waals surface area (Å²) in [6.45, 7) is 3.00. The number of sulfonamides is 1. The normalized spacial score (nSPS) is 19.6. The molecule has 37 heavy (non-hydrogen) atoms. The number of hydrogen-bond acceptors (Lipinski definition) is 6. The molecule has 1 heterocycles. The van der Waals surface area contributed by atoms with Crippen molar-refractivity contribution in [2.24, 2.45) is 5.14 Å². The summed E-state index contributed by atoms with van der Waals surface area (Å²) in [6.07, 6.45) is 0. The summed E-state index contributed by atoms with van der Waals surface area (Å²) in [5.41, 5.74) is 1.33. The lowest BCUT2D eigenvalue weighted by atomic mass is 9.81. The fraction of sp³-hybridized carbons (Fsp3) is 0.250. The number of benzene rings is 3. The van der Waals surface area contributed by atoms with Crippen LogP contribution in [0.15, 0.2) is 60.7 Å². The molecule has 3 unspecified atom stereocenters. The molecule has 0 aromatic heterocycles. The van der Waals surface area contributed by atoms with Crippen LogP contribution < -0.4 is 19.5 Å². The molecule has 1 aliphatic rings. The summed E-state index contributed by atoms with van der Waals surface area (Å²) < 4.78 is 93.9. The van der Waals surface area contributed by atoms with Crippen molar-refractivity contribution < 1.29 is 34.9 Å². The number of ether oxygens (including phenoxy) is 1.